The minimum absolute atomic E-state index is 0.729. The van der Waals surface area contributed by atoms with Crippen molar-refractivity contribution in [1.82, 2.24) is 4.90 Å². The third-order valence-corrected chi connectivity index (χ3v) is 3.37. The molecule has 0 saturated heterocycles. The van der Waals surface area contributed by atoms with Crippen LogP contribution in [0.2, 0.25) is 0 Å². The summed E-state index contributed by atoms with van der Waals surface area (Å²) in [7, 11) is 2.19. The number of hydrogen-bond acceptors (Lipinski definition) is 4. The summed E-state index contributed by atoms with van der Waals surface area (Å²) in [5.41, 5.74) is 7.67. The van der Waals surface area contributed by atoms with E-state index in [9.17, 15) is 0 Å². The highest BCUT2D eigenvalue weighted by molar-refractivity contribution is 5.59. The van der Waals surface area contributed by atoms with Crippen LogP contribution >= 0.6 is 0 Å². The Hall–Kier alpha value is -1.42. The van der Waals surface area contributed by atoms with Crippen molar-refractivity contribution >= 4 is 11.4 Å². The molecule has 2 rings (SSSR count). The van der Waals surface area contributed by atoms with Gasteiger partial charge in [0.15, 0.2) is 0 Å². The molecule has 19 heavy (non-hydrogen) atoms. The zero-order valence-corrected chi connectivity index (χ0v) is 12.0. The molecule has 0 aromatic heterocycles. The van der Waals surface area contributed by atoms with Gasteiger partial charge in [-0.25, -0.2) is 0 Å². The summed E-state index contributed by atoms with van der Waals surface area (Å²) < 4.78 is 5.62. The number of likely N-dealkylation sites (N-methyl/N-ethyl adjacent to an activating group) is 1. The predicted octanol–water partition coefficient (Wildman–Crippen LogP) is 2.56. The molecule has 0 atom stereocenters. The quantitative estimate of drug-likeness (QED) is 0.708. The lowest BCUT2D eigenvalue weighted by molar-refractivity contribution is 0.317. The molecule has 0 amide bonds. The van der Waals surface area contributed by atoms with Crippen LogP contribution in [0.3, 0.4) is 0 Å². The molecule has 1 aliphatic carbocycles. The predicted molar refractivity (Wildman–Crippen MR) is 80.8 cm³/mol. The number of nitrogen functional groups attached to an aromatic ring is 1. The second-order valence-corrected chi connectivity index (χ2v) is 5.28. The Labute approximate surface area is 115 Å². The van der Waals surface area contributed by atoms with Crippen LogP contribution in [0.1, 0.15) is 26.2 Å². The molecule has 4 heteroatoms. The maximum absolute atomic E-state index is 5.89. The van der Waals surface area contributed by atoms with Gasteiger partial charge in [0.05, 0.1) is 6.61 Å². The molecule has 0 heterocycles. The highest BCUT2D eigenvalue weighted by Crippen LogP contribution is 2.25. The molecule has 1 fully saturated rings. The average molecular weight is 263 g/mol. The van der Waals surface area contributed by atoms with E-state index in [-0.39, 0.29) is 0 Å². The van der Waals surface area contributed by atoms with E-state index >= 15 is 0 Å². The van der Waals surface area contributed by atoms with Crippen LogP contribution < -0.4 is 15.8 Å². The Morgan fingerprint density at radius 1 is 1.37 bits per heavy atom. The van der Waals surface area contributed by atoms with Crippen molar-refractivity contribution in [2.45, 2.75) is 32.2 Å². The summed E-state index contributed by atoms with van der Waals surface area (Å²) in [6.45, 7) is 4.82. The van der Waals surface area contributed by atoms with Crippen LogP contribution in [-0.2, 0) is 0 Å². The molecule has 0 unspecified atom stereocenters. The van der Waals surface area contributed by atoms with Gasteiger partial charge in [0, 0.05) is 42.6 Å². The number of rotatable bonds is 8. The van der Waals surface area contributed by atoms with E-state index in [2.05, 4.69) is 24.2 Å². The van der Waals surface area contributed by atoms with Crippen LogP contribution in [0.25, 0.3) is 0 Å². The SMILES string of the molecule is CCCOc1cc(N)cc(NCCN(C)C2CC2)c1. The Balaban J connectivity index is 1.82. The fourth-order valence-corrected chi connectivity index (χ4v) is 2.10. The maximum atomic E-state index is 5.89. The zero-order chi connectivity index (χ0) is 13.7. The first-order chi connectivity index (χ1) is 9.19. The number of benzene rings is 1. The van der Waals surface area contributed by atoms with Gasteiger partial charge in [0.1, 0.15) is 5.75 Å². The first-order valence-corrected chi connectivity index (χ1v) is 7.16. The molecular weight excluding hydrogens is 238 g/mol. The number of nitrogens with two attached hydrogens (primary N) is 1. The Morgan fingerprint density at radius 2 is 2.16 bits per heavy atom. The first-order valence-electron chi connectivity index (χ1n) is 7.16. The van der Waals surface area contributed by atoms with Crippen molar-refractivity contribution in [3.8, 4) is 5.75 Å². The van der Waals surface area contributed by atoms with Crippen molar-refractivity contribution in [2.75, 3.05) is 37.8 Å². The third kappa shape index (κ3) is 4.63. The molecule has 0 spiro atoms. The van der Waals surface area contributed by atoms with Gasteiger partial charge in [-0.3, -0.25) is 0 Å². The van der Waals surface area contributed by atoms with E-state index in [1.807, 2.05) is 18.2 Å². The molecular formula is C15H25N3O. The molecule has 0 aliphatic heterocycles. The molecule has 0 radical (unpaired) electrons. The van der Waals surface area contributed by atoms with E-state index in [4.69, 9.17) is 10.5 Å². The van der Waals surface area contributed by atoms with Crippen LogP contribution in [-0.4, -0.2) is 37.7 Å². The highest BCUT2D eigenvalue weighted by Gasteiger charge is 2.25. The summed E-state index contributed by atoms with van der Waals surface area (Å²) in [6.07, 6.45) is 3.71. The van der Waals surface area contributed by atoms with Gasteiger partial charge in [0.2, 0.25) is 0 Å². The third-order valence-electron chi connectivity index (χ3n) is 3.37. The fraction of sp³-hybridized carbons (Fsp3) is 0.600. The van der Waals surface area contributed by atoms with E-state index in [0.717, 1.165) is 49.3 Å². The lowest BCUT2D eigenvalue weighted by atomic mass is 10.2. The molecule has 4 nitrogen and oxygen atoms in total. The number of anilines is 2. The van der Waals surface area contributed by atoms with Crippen molar-refractivity contribution < 1.29 is 4.74 Å². The average Bonchev–Trinajstić information content (AvgIpc) is 3.20. The van der Waals surface area contributed by atoms with Crippen LogP contribution in [0.15, 0.2) is 18.2 Å². The van der Waals surface area contributed by atoms with E-state index < -0.39 is 0 Å². The zero-order valence-electron chi connectivity index (χ0n) is 12.0. The van der Waals surface area contributed by atoms with Gasteiger partial charge in [-0.05, 0) is 32.4 Å². The van der Waals surface area contributed by atoms with Crippen molar-refractivity contribution in [2.24, 2.45) is 0 Å². The number of nitrogens with zero attached hydrogens (tertiary/aromatic N) is 1. The molecule has 106 valence electrons. The van der Waals surface area contributed by atoms with Crippen LogP contribution in [0.5, 0.6) is 5.75 Å². The fourth-order valence-electron chi connectivity index (χ4n) is 2.10. The minimum atomic E-state index is 0.729. The Morgan fingerprint density at radius 3 is 2.84 bits per heavy atom. The molecule has 3 N–H and O–H groups in total. The van der Waals surface area contributed by atoms with Crippen molar-refractivity contribution in [3.05, 3.63) is 18.2 Å². The largest absolute Gasteiger partial charge is 0.493 e. The summed E-state index contributed by atoms with van der Waals surface area (Å²) >= 11 is 0. The normalized spacial score (nSPS) is 14.7. The van der Waals surface area contributed by atoms with Gasteiger partial charge >= 0.3 is 0 Å². The van der Waals surface area contributed by atoms with E-state index in [0.29, 0.717) is 0 Å². The molecule has 0 bridgehead atoms. The monoisotopic (exact) mass is 263 g/mol. The second kappa shape index (κ2) is 6.66. The van der Waals surface area contributed by atoms with Crippen LogP contribution in [0, 0.1) is 0 Å². The molecule has 1 aromatic carbocycles. The Bertz CT molecular complexity index is 404. The van der Waals surface area contributed by atoms with E-state index in [1.54, 1.807) is 0 Å². The number of ether oxygens (including phenoxy) is 1. The van der Waals surface area contributed by atoms with Gasteiger partial charge < -0.3 is 20.7 Å². The summed E-state index contributed by atoms with van der Waals surface area (Å²) in [5, 5.41) is 3.41. The van der Waals surface area contributed by atoms with Gasteiger partial charge in [0.25, 0.3) is 0 Å². The van der Waals surface area contributed by atoms with Crippen molar-refractivity contribution in [1.29, 1.82) is 0 Å². The lowest BCUT2D eigenvalue weighted by Gasteiger charge is -2.17. The summed E-state index contributed by atoms with van der Waals surface area (Å²) in [6, 6.07) is 6.65. The first kappa shape index (κ1) is 14.0. The van der Waals surface area contributed by atoms with Gasteiger partial charge in [-0.15, -0.1) is 0 Å². The summed E-state index contributed by atoms with van der Waals surface area (Å²) in [5.74, 6) is 0.847. The molecule has 1 aliphatic rings. The van der Waals surface area contributed by atoms with Crippen LogP contribution in [0.4, 0.5) is 11.4 Å². The number of nitrogens with one attached hydrogen (secondary N) is 1. The van der Waals surface area contributed by atoms with Gasteiger partial charge in [-0.1, -0.05) is 6.92 Å². The molecule has 1 aromatic rings. The van der Waals surface area contributed by atoms with E-state index in [1.165, 1.54) is 12.8 Å². The molecule has 1 saturated carbocycles. The topological polar surface area (TPSA) is 50.5 Å². The maximum Gasteiger partial charge on any atom is 0.123 e. The second-order valence-electron chi connectivity index (χ2n) is 5.28. The highest BCUT2D eigenvalue weighted by atomic mass is 16.5. The van der Waals surface area contributed by atoms with Crippen molar-refractivity contribution in [3.63, 3.8) is 0 Å². The van der Waals surface area contributed by atoms with Gasteiger partial charge in [-0.2, -0.15) is 0 Å². The minimum Gasteiger partial charge on any atom is -0.493 e. The number of hydrogen-bond donors (Lipinski definition) is 2. The smallest absolute Gasteiger partial charge is 0.123 e. The lowest BCUT2D eigenvalue weighted by Crippen LogP contribution is -2.27. The summed E-state index contributed by atoms with van der Waals surface area (Å²) in [4.78, 5) is 2.41. The Kier molecular flexibility index (Phi) is 4.91. The standard InChI is InChI=1S/C15H25N3O/c1-3-8-19-15-10-12(16)9-13(11-15)17-6-7-18(2)14-4-5-14/h9-11,14,17H,3-8,16H2,1-2H3.